The molecule has 0 unspecified atom stereocenters. The van der Waals surface area contributed by atoms with E-state index in [1.54, 1.807) is 4.68 Å². The lowest BCUT2D eigenvalue weighted by Crippen LogP contribution is -2.04. The second kappa shape index (κ2) is 6.01. The van der Waals surface area contributed by atoms with Gasteiger partial charge in [-0.3, -0.25) is 0 Å². The maximum atomic E-state index is 9.03. The Hall–Kier alpha value is -2.35. The zero-order valence-corrected chi connectivity index (χ0v) is 11.1. The molecule has 0 saturated heterocycles. The molecule has 0 saturated carbocycles. The van der Waals surface area contributed by atoms with Gasteiger partial charge in [0.25, 0.3) is 0 Å². The summed E-state index contributed by atoms with van der Waals surface area (Å²) in [7, 11) is 0. The van der Waals surface area contributed by atoms with Gasteiger partial charge in [-0.1, -0.05) is 17.3 Å². The van der Waals surface area contributed by atoms with Crippen LogP contribution in [0.1, 0.15) is 30.8 Å². The maximum Gasteiger partial charge on any atom is 0.186 e. The summed E-state index contributed by atoms with van der Waals surface area (Å²) in [5, 5.41) is 16.9. The van der Waals surface area contributed by atoms with Crippen LogP contribution in [0.2, 0.25) is 0 Å². The number of aryl methyl sites for hydroxylation is 1. The van der Waals surface area contributed by atoms with Crippen molar-refractivity contribution in [2.45, 2.75) is 26.8 Å². The lowest BCUT2D eigenvalue weighted by molar-refractivity contribution is 0.340. The number of hydrogen-bond donors (Lipinski definition) is 0. The van der Waals surface area contributed by atoms with Gasteiger partial charge >= 0.3 is 0 Å². The van der Waals surface area contributed by atoms with Gasteiger partial charge in [-0.2, -0.15) is 5.26 Å². The Balaban J connectivity index is 2.21. The van der Waals surface area contributed by atoms with Gasteiger partial charge in [-0.25, -0.2) is 4.68 Å². The first-order valence-corrected chi connectivity index (χ1v) is 6.32. The van der Waals surface area contributed by atoms with E-state index < -0.39 is 0 Å². The number of nitrogens with zero attached hydrogens (tertiary/aromatic N) is 4. The molecule has 0 bridgehead atoms. The Morgan fingerprint density at radius 3 is 2.58 bits per heavy atom. The summed E-state index contributed by atoms with van der Waals surface area (Å²) >= 11 is 0. The highest BCUT2D eigenvalue weighted by Gasteiger charge is 2.12. The van der Waals surface area contributed by atoms with Crippen LogP contribution in [0.5, 0.6) is 5.75 Å². The molecule has 19 heavy (non-hydrogen) atoms. The van der Waals surface area contributed by atoms with Crippen LogP contribution in [-0.2, 0) is 13.0 Å². The molecular weight excluding hydrogens is 240 g/mol. The van der Waals surface area contributed by atoms with Crippen LogP contribution in [0.15, 0.2) is 24.3 Å². The van der Waals surface area contributed by atoms with E-state index in [1.165, 1.54) is 0 Å². The number of aromatic nitrogens is 3. The third-order valence-corrected chi connectivity index (χ3v) is 2.85. The predicted molar refractivity (Wildman–Crippen MR) is 70.8 cm³/mol. The smallest absolute Gasteiger partial charge is 0.186 e. The first kappa shape index (κ1) is 13.1. The molecule has 0 aliphatic rings. The van der Waals surface area contributed by atoms with E-state index in [2.05, 4.69) is 16.4 Å². The highest BCUT2D eigenvalue weighted by Crippen LogP contribution is 2.16. The maximum absolute atomic E-state index is 9.03. The molecule has 0 spiro atoms. The normalized spacial score (nSPS) is 10.2. The van der Waals surface area contributed by atoms with Crippen LogP contribution >= 0.6 is 0 Å². The minimum atomic E-state index is 0.399. The molecule has 0 aliphatic carbocycles. The van der Waals surface area contributed by atoms with E-state index in [0.717, 1.165) is 17.0 Å². The zero-order valence-electron chi connectivity index (χ0n) is 11.1. The number of hydrogen-bond acceptors (Lipinski definition) is 4. The first-order chi connectivity index (χ1) is 9.28. The standard InChI is InChI=1S/C14H16N4O/c1-3-18-14(13(10-15)16-17-18)9-11-5-7-12(8-6-11)19-4-2/h5-8H,3-4,9H2,1-2H3. The molecule has 2 aromatic rings. The summed E-state index contributed by atoms with van der Waals surface area (Å²) < 4.78 is 7.16. The van der Waals surface area contributed by atoms with Crippen molar-refractivity contribution in [2.24, 2.45) is 0 Å². The monoisotopic (exact) mass is 256 g/mol. The third kappa shape index (κ3) is 2.91. The number of nitriles is 1. The first-order valence-electron chi connectivity index (χ1n) is 6.32. The number of rotatable bonds is 5. The highest BCUT2D eigenvalue weighted by atomic mass is 16.5. The lowest BCUT2D eigenvalue weighted by atomic mass is 10.1. The molecule has 0 aliphatic heterocycles. The van der Waals surface area contributed by atoms with Crippen molar-refractivity contribution in [3.8, 4) is 11.8 Å². The minimum Gasteiger partial charge on any atom is -0.494 e. The van der Waals surface area contributed by atoms with Crippen LogP contribution in [0.4, 0.5) is 0 Å². The van der Waals surface area contributed by atoms with Crippen LogP contribution in [-0.4, -0.2) is 21.6 Å². The van der Waals surface area contributed by atoms with Gasteiger partial charge in [0.1, 0.15) is 11.8 Å². The van der Waals surface area contributed by atoms with Crippen LogP contribution in [0.3, 0.4) is 0 Å². The fraction of sp³-hybridized carbons (Fsp3) is 0.357. The average molecular weight is 256 g/mol. The van der Waals surface area contributed by atoms with Crippen LogP contribution in [0, 0.1) is 11.3 Å². The number of benzene rings is 1. The van der Waals surface area contributed by atoms with Crippen molar-refractivity contribution in [3.63, 3.8) is 0 Å². The summed E-state index contributed by atoms with van der Waals surface area (Å²) in [5.41, 5.74) is 2.36. The van der Waals surface area contributed by atoms with Crippen LogP contribution in [0.25, 0.3) is 0 Å². The van der Waals surface area contributed by atoms with E-state index in [9.17, 15) is 0 Å². The second-order valence-corrected chi connectivity index (χ2v) is 4.07. The molecule has 5 heteroatoms. The Morgan fingerprint density at radius 1 is 1.26 bits per heavy atom. The summed E-state index contributed by atoms with van der Waals surface area (Å²) in [6, 6.07) is 9.95. The van der Waals surface area contributed by atoms with Gasteiger partial charge in [-0.05, 0) is 31.5 Å². The summed E-state index contributed by atoms with van der Waals surface area (Å²) in [6.45, 7) is 5.31. The molecular formula is C14H16N4O. The second-order valence-electron chi connectivity index (χ2n) is 4.07. The molecule has 98 valence electrons. The Kier molecular flexibility index (Phi) is 4.14. The zero-order chi connectivity index (χ0) is 13.7. The van der Waals surface area contributed by atoms with Gasteiger partial charge < -0.3 is 4.74 Å². The van der Waals surface area contributed by atoms with E-state index >= 15 is 0 Å². The summed E-state index contributed by atoms with van der Waals surface area (Å²) in [6.07, 6.45) is 0.649. The van der Waals surface area contributed by atoms with Crippen molar-refractivity contribution in [1.82, 2.24) is 15.0 Å². The minimum absolute atomic E-state index is 0.399. The van der Waals surface area contributed by atoms with Crippen molar-refractivity contribution in [2.75, 3.05) is 6.61 Å². The number of ether oxygens (including phenoxy) is 1. The molecule has 0 N–H and O–H groups in total. The molecule has 1 aromatic carbocycles. The van der Waals surface area contributed by atoms with Gasteiger partial charge in [0, 0.05) is 13.0 Å². The topological polar surface area (TPSA) is 63.7 Å². The van der Waals surface area contributed by atoms with Gasteiger partial charge in [0.15, 0.2) is 5.69 Å². The van der Waals surface area contributed by atoms with Gasteiger partial charge in [0.2, 0.25) is 0 Å². The predicted octanol–water partition coefficient (Wildman–Crippen LogP) is 2.16. The fourth-order valence-corrected chi connectivity index (χ4v) is 1.91. The van der Waals surface area contributed by atoms with Gasteiger partial charge in [-0.15, -0.1) is 5.10 Å². The Bertz CT molecular complexity index is 580. The van der Waals surface area contributed by atoms with Crippen molar-refractivity contribution in [3.05, 3.63) is 41.2 Å². The molecule has 5 nitrogen and oxygen atoms in total. The van der Waals surface area contributed by atoms with E-state index in [1.807, 2.05) is 38.1 Å². The Labute approximate surface area is 112 Å². The van der Waals surface area contributed by atoms with Crippen molar-refractivity contribution >= 4 is 0 Å². The molecule has 1 heterocycles. The molecule has 1 aromatic heterocycles. The van der Waals surface area contributed by atoms with E-state index in [4.69, 9.17) is 10.00 Å². The Morgan fingerprint density at radius 2 is 2.00 bits per heavy atom. The van der Waals surface area contributed by atoms with Crippen molar-refractivity contribution in [1.29, 1.82) is 5.26 Å². The highest BCUT2D eigenvalue weighted by molar-refractivity contribution is 5.33. The van der Waals surface area contributed by atoms with E-state index in [-0.39, 0.29) is 0 Å². The average Bonchev–Trinajstić information content (AvgIpc) is 2.83. The fourth-order valence-electron chi connectivity index (χ4n) is 1.91. The third-order valence-electron chi connectivity index (χ3n) is 2.85. The summed E-state index contributed by atoms with van der Waals surface area (Å²) in [4.78, 5) is 0. The molecule has 0 fully saturated rings. The molecule has 0 radical (unpaired) electrons. The lowest BCUT2D eigenvalue weighted by Gasteiger charge is -2.06. The summed E-state index contributed by atoms with van der Waals surface area (Å²) in [5.74, 6) is 0.855. The van der Waals surface area contributed by atoms with Crippen LogP contribution < -0.4 is 4.74 Å². The molecule has 0 atom stereocenters. The van der Waals surface area contributed by atoms with Gasteiger partial charge in [0.05, 0.1) is 12.3 Å². The van der Waals surface area contributed by atoms with E-state index in [0.29, 0.717) is 25.3 Å². The largest absolute Gasteiger partial charge is 0.494 e. The quantitative estimate of drug-likeness (QED) is 0.822. The SMILES string of the molecule is CCOc1ccc(Cc2c(C#N)nnn2CC)cc1. The molecule has 2 rings (SSSR count). The molecule has 0 amide bonds. The van der Waals surface area contributed by atoms with Crippen molar-refractivity contribution < 1.29 is 4.74 Å².